The number of halogens is 4. The highest BCUT2D eigenvalue weighted by atomic mass is 19.4. The molecule has 3 N–H and O–H groups in total. The Kier molecular flexibility index (Phi) is 6.41. The Morgan fingerprint density at radius 1 is 0.970 bits per heavy atom. The number of nitrogens with two attached hydrogens (primary N) is 1. The molecule has 0 unspecified atom stereocenters. The number of alkyl halides is 3. The number of benzene rings is 2. The predicted molar refractivity (Wildman–Crippen MR) is 118 cm³/mol. The number of H-pyrrole nitrogens is 1. The number of allylic oxidation sites excluding steroid dienone is 1. The fraction of sp³-hybridized carbons (Fsp3) is 0.167. The van der Waals surface area contributed by atoms with Crippen molar-refractivity contribution in [3.05, 3.63) is 89.5 Å². The minimum absolute atomic E-state index is 0.0452. The van der Waals surface area contributed by atoms with Gasteiger partial charge in [-0.05, 0) is 40.5 Å². The number of hydrogen-bond acceptors (Lipinski definition) is 4. The van der Waals surface area contributed by atoms with Crippen LogP contribution < -0.4 is 10.5 Å². The largest absolute Gasteiger partial charge is 0.476 e. The Labute approximate surface area is 186 Å². The second-order valence-corrected chi connectivity index (χ2v) is 7.31. The quantitative estimate of drug-likeness (QED) is 0.291. The van der Waals surface area contributed by atoms with Crippen molar-refractivity contribution in [1.82, 2.24) is 15.2 Å². The average Bonchev–Trinajstić information content (AvgIpc) is 3.18. The maximum atomic E-state index is 14.2. The Hall–Kier alpha value is -3.72. The Bertz CT molecular complexity index is 1270. The standard InChI is InChI=1S/C24H20F4N4O/c25-23-18-12-16(6-8-20(18)31-32-23)22(17-7-9-21(30-14-17)33-11-10-29)19(13-24(26,27)28)15-4-2-1-3-5-15/h1-9,12,14H,10-11,13,29H2,(H,31,32)/b22-19-. The van der Waals surface area contributed by atoms with Gasteiger partial charge in [0.15, 0.2) is 0 Å². The maximum Gasteiger partial charge on any atom is 0.393 e. The highest BCUT2D eigenvalue weighted by Crippen LogP contribution is 2.40. The molecule has 4 aromatic rings. The predicted octanol–water partition coefficient (Wildman–Crippen LogP) is 5.35. The van der Waals surface area contributed by atoms with Crippen LogP contribution >= 0.6 is 0 Å². The number of rotatable bonds is 7. The van der Waals surface area contributed by atoms with Crippen molar-refractivity contribution >= 4 is 22.0 Å². The van der Waals surface area contributed by atoms with E-state index < -0.39 is 18.5 Å². The third-order valence-corrected chi connectivity index (χ3v) is 5.00. The molecule has 2 heterocycles. The van der Waals surface area contributed by atoms with Gasteiger partial charge in [0.05, 0.1) is 17.3 Å². The molecule has 33 heavy (non-hydrogen) atoms. The molecule has 0 atom stereocenters. The topological polar surface area (TPSA) is 76.8 Å². The Balaban J connectivity index is 1.96. The minimum atomic E-state index is -4.47. The Morgan fingerprint density at radius 3 is 2.39 bits per heavy atom. The van der Waals surface area contributed by atoms with Crippen LogP contribution in [0.3, 0.4) is 0 Å². The van der Waals surface area contributed by atoms with Gasteiger partial charge in [-0.15, -0.1) is 5.10 Å². The summed E-state index contributed by atoms with van der Waals surface area (Å²) < 4.78 is 60.7. The van der Waals surface area contributed by atoms with Crippen molar-refractivity contribution in [2.45, 2.75) is 12.6 Å². The number of aromatic nitrogens is 3. The maximum absolute atomic E-state index is 14.2. The number of nitrogens with zero attached hydrogens (tertiary/aromatic N) is 2. The minimum Gasteiger partial charge on any atom is -0.476 e. The molecule has 0 fully saturated rings. The van der Waals surface area contributed by atoms with Gasteiger partial charge < -0.3 is 10.5 Å². The van der Waals surface area contributed by atoms with Crippen molar-refractivity contribution in [2.75, 3.05) is 13.2 Å². The second-order valence-electron chi connectivity index (χ2n) is 7.31. The van der Waals surface area contributed by atoms with E-state index in [1.54, 1.807) is 54.6 Å². The SMILES string of the molecule is NCCOc1ccc(/C(=C(/CC(F)(F)F)c2ccccc2)c2ccc3[nH]nc(F)c3c2)cn1. The lowest BCUT2D eigenvalue weighted by Gasteiger charge is -2.19. The van der Waals surface area contributed by atoms with Crippen molar-refractivity contribution < 1.29 is 22.3 Å². The van der Waals surface area contributed by atoms with Gasteiger partial charge in [0.1, 0.15) is 6.61 Å². The Morgan fingerprint density at radius 2 is 1.73 bits per heavy atom. The van der Waals surface area contributed by atoms with E-state index in [4.69, 9.17) is 10.5 Å². The number of nitrogens with one attached hydrogen (secondary N) is 1. The molecule has 0 aliphatic heterocycles. The zero-order valence-corrected chi connectivity index (χ0v) is 17.4. The molecule has 0 spiro atoms. The molecule has 5 nitrogen and oxygen atoms in total. The van der Waals surface area contributed by atoms with E-state index in [9.17, 15) is 17.6 Å². The van der Waals surface area contributed by atoms with Crippen LogP contribution in [0.15, 0.2) is 66.9 Å². The first-order valence-corrected chi connectivity index (χ1v) is 10.1. The van der Waals surface area contributed by atoms with Crippen LogP contribution in [0, 0.1) is 5.95 Å². The summed E-state index contributed by atoms with van der Waals surface area (Å²) in [7, 11) is 0. The van der Waals surface area contributed by atoms with E-state index in [1.165, 1.54) is 12.3 Å². The van der Waals surface area contributed by atoms with E-state index in [0.717, 1.165) is 0 Å². The number of ether oxygens (including phenoxy) is 1. The first-order chi connectivity index (χ1) is 15.9. The van der Waals surface area contributed by atoms with Gasteiger partial charge >= 0.3 is 6.18 Å². The van der Waals surface area contributed by atoms with Crippen molar-refractivity contribution in [2.24, 2.45) is 5.73 Å². The van der Waals surface area contributed by atoms with Gasteiger partial charge in [0.2, 0.25) is 11.8 Å². The van der Waals surface area contributed by atoms with E-state index in [1.807, 2.05) is 0 Å². The first kappa shape index (κ1) is 22.5. The molecule has 0 saturated heterocycles. The van der Waals surface area contributed by atoms with Crippen LogP contribution in [0.5, 0.6) is 5.88 Å². The third-order valence-electron chi connectivity index (χ3n) is 5.00. The van der Waals surface area contributed by atoms with Crippen LogP contribution in [0.2, 0.25) is 0 Å². The van der Waals surface area contributed by atoms with Gasteiger partial charge in [-0.25, -0.2) is 4.98 Å². The van der Waals surface area contributed by atoms with Crippen LogP contribution in [0.4, 0.5) is 17.6 Å². The molecular weight excluding hydrogens is 436 g/mol. The van der Waals surface area contributed by atoms with Gasteiger partial charge in [-0.3, -0.25) is 5.10 Å². The highest BCUT2D eigenvalue weighted by Gasteiger charge is 2.31. The molecule has 0 aliphatic rings. The zero-order valence-electron chi connectivity index (χ0n) is 17.4. The summed E-state index contributed by atoms with van der Waals surface area (Å²) in [6, 6.07) is 16.2. The van der Waals surface area contributed by atoms with Crippen LogP contribution in [0.1, 0.15) is 23.1 Å². The number of pyridine rings is 1. The van der Waals surface area contributed by atoms with E-state index in [0.29, 0.717) is 40.2 Å². The van der Waals surface area contributed by atoms with Crippen molar-refractivity contribution in [1.29, 1.82) is 0 Å². The number of fused-ring (bicyclic) bond motifs is 1. The zero-order chi connectivity index (χ0) is 23.4. The average molecular weight is 456 g/mol. The normalized spacial score (nSPS) is 12.6. The number of aromatic amines is 1. The molecule has 0 radical (unpaired) electrons. The summed E-state index contributed by atoms with van der Waals surface area (Å²) >= 11 is 0. The van der Waals surface area contributed by atoms with Crippen LogP contribution in [0.25, 0.3) is 22.0 Å². The van der Waals surface area contributed by atoms with Gasteiger partial charge in [0, 0.05) is 24.4 Å². The summed E-state index contributed by atoms with van der Waals surface area (Å²) in [5, 5.41) is 6.29. The fourth-order valence-electron chi connectivity index (χ4n) is 3.60. The molecule has 2 aromatic heterocycles. The smallest absolute Gasteiger partial charge is 0.393 e. The van der Waals surface area contributed by atoms with Gasteiger partial charge in [-0.1, -0.05) is 36.4 Å². The monoisotopic (exact) mass is 456 g/mol. The summed E-state index contributed by atoms with van der Waals surface area (Å²) in [6.07, 6.45) is -4.21. The van der Waals surface area contributed by atoms with E-state index in [-0.39, 0.29) is 17.6 Å². The fourth-order valence-corrected chi connectivity index (χ4v) is 3.60. The van der Waals surface area contributed by atoms with Gasteiger partial charge in [-0.2, -0.15) is 17.6 Å². The molecule has 0 amide bonds. The van der Waals surface area contributed by atoms with Crippen molar-refractivity contribution in [3.8, 4) is 5.88 Å². The molecular formula is C24H20F4N4O. The molecule has 0 saturated carbocycles. The summed E-state index contributed by atoms with van der Waals surface area (Å²) in [5.41, 5.74) is 7.46. The first-order valence-electron chi connectivity index (χ1n) is 10.1. The lowest BCUT2D eigenvalue weighted by molar-refractivity contribution is -0.122. The highest BCUT2D eigenvalue weighted by molar-refractivity contribution is 6.00. The molecule has 2 aromatic carbocycles. The second kappa shape index (κ2) is 9.41. The molecule has 9 heteroatoms. The van der Waals surface area contributed by atoms with Gasteiger partial charge in [0.25, 0.3) is 0 Å². The number of hydrogen-bond donors (Lipinski definition) is 2. The van der Waals surface area contributed by atoms with E-state index >= 15 is 0 Å². The van der Waals surface area contributed by atoms with Crippen LogP contribution in [-0.4, -0.2) is 34.5 Å². The third kappa shape index (κ3) is 5.20. The molecule has 0 aliphatic carbocycles. The molecule has 0 bridgehead atoms. The summed E-state index contributed by atoms with van der Waals surface area (Å²) in [4.78, 5) is 4.22. The lowest BCUT2D eigenvalue weighted by Crippen LogP contribution is -2.11. The van der Waals surface area contributed by atoms with E-state index in [2.05, 4.69) is 15.2 Å². The summed E-state index contributed by atoms with van der Waals surface area (Å²) in [5.74, 6) is -0.427. The molecule has 170 valence electrons. The lowest BCUT2D eigenvalue weighted by atomic mass is 9.88. The van der Waals surface area contributed by atoms with Crippen LogP contribution in [-0.2, 0) is 0 Å². The summed E-state index contributed by atoms with van der Waals surface area (Å²) in [6.45, 7) is 0.559. The van der Waals surface area contributed by atoms with Crippen molar-refractivity contribution in [3.63, 3.8) is 0 Å². The molecule has 4 rings (SSSR count).